The van der Waals surface area contributed by atoms with E-state index in [1.165, 1.54) is 36.0 Å². The van der Waals surface area contributed by atoms with Gasteiger partial charge in [0.2, 0.25) is 0 Å². The van der Waals surface area contributed by atoms with E-state index in [-0.39, 0.29) is 0 Å². The molecule has 1 N–H and O–H groups in total. The number of aliphatic imine (C=N–C) groups is 2. The molecule has 218 valence electrons. The van der Waals surface area contributed by atoms with Gasteiger partial charge in [0.15, 0.2) is 6.17 Å². The van der Waals surface area contributed by atoms with Crippen molar-refractivity contribution < 1.29 is 0 Å². The van der Waals surface area contributed by atoms with Crippen molar-refractivity contribution in [1.82, 2.24) is 10.3 Å². The molecule has 8 aromatic rings. The fourth-order valence-electron chi connectivity index (χ4n) is 6.16. The monoisotopic (exact) mass is 626 g/mol. The minimum absolute atomic E-state index is 0.408. The summed E-state index contributed by atoms with van der Waals surface area (Å²) in [7, 11) is 0. The van der Waals surface area contributed by atoms with Gasteiger partial charge in [-0.2, -0.15) is 0 Å². The molecule has 1 aliphatic rings. The van der Waals surface area contributed by atoms with Crippen molar-refractivity contribution in [2.45, 2.75) is 6.17 Å². The number of hydrogen-bond donors (Lipinski definition) is 1. The Morgan fingerprint density at radius 3 is 1.93 bits per heavy atom. The first kappa shape index (κ1) is 26.9. The number of aromatic nitrogens is 1. The molecule has 6 heteroatoms. The Morgan fingerprint density at radius 2 is 1.13 bits per heavy atom. The zero-order chi connectivity index (χ0) is 30.5. The summed E-state index contributed by atoms with van der Waals surface area (Å²) in [4.78, 5) is 15.5. The molecule has 0 saturated carbocycles. The van der Waals surface area contributed by atoms with E-state index in [1.54, 1.807) is 11.3 Å². The molecule has 2 aromatic heterocycles. The maximum atomic E-state index is 5.28. The number of benzene rings is 6. The normalized spacial score (nSPS) is 14.7. The van der Waals surface area contributed by atoms with Crippen LogP contribution in [0.1, 0.15) is 22.9 Å². The molecule has 9 rings (SSSR count). The van der Waals surface area contributed by atoms with Gasteiger partial charge in [-0.05, 0) is 29.3 Å². The van der Waals surface area contributed by atoms with E-state index in [0.717, 1.165) is 44.4 Å². The van der Waals surface area contributed by atoms with Crippen LogP contribution >= 0.6 is 22.7 Å². The first-order valence-corrected chi connectivity index (χ1v) is 16.9. The second-order valence-electron chi connectivity index (χ2n) is 11.3. The van der Waals surface area contributed by atoms with E-state index in [2.05, 4.69) is 121 Å². The Kier molecular flexibility index (Phi) is 6.54. The molecule has 4 nitrogen and oxygen atoms in total. The van der Waals surface area contributed by atoms with Crippen LogP contribution < -0.4 is 5.32 Å². The highest BCUT2D eigenvalue weighted by atomic mass is 32.1. The number of thiophene rings is 1. The van der Waals surface area contributed by atoms with Gasteiger partial charge in [0.05, 0.1) is 10.2 Å². The lowest BCUT2D eigenvalue weighted by atomic mass is 10.0. The predicted molar refractivity (Wildman–Crippen MR) is 195 cm³/mol. The number of rotatable bonds is 5. The number of amidine groups is 2. The summed E-state index contributed by atoms with van der Waals surface area (Å²) in [5, 5.41) is 7.08. The average Bonchev–Trinajstić information content (AvgIpc) is 3.74. The molecule has 0 saturated heterocycles. The summed E-state index contributed by atoms with van der Waals surface area (Å²) in [6.07, 6.45) is -0.408. The van der Waals surface area contributed by atoms with E-state index in [4.69, 9.17) is 15.0 Å². The van der Waals surface area contributed by atoms with Gasteiger partial charge in [0.1, 0.15) is 16.7 Å². The minimum atomic E-state index is -0.408. The van der Waals surface area contributed by atoms with Gasteiger partial charge < -0.3 is 5.32 Å². The Bertz CT molecular complexity index is 2420. The van der Waals surface area contributed by atoms with Crippen molar-refractivity contribution in [2.24, 2.45) is 9.98 Å². The summed E-state index contributed by atoms with van der Waals surface area (Å²) in [6.45, 7) is 0. The lowest BCUT2D eigenvalue weighted by Gasteiger charge is -2.23. The second-order valence-corrected chi connectivity index (χ2v) is 13.3. The van der Waals surface area contributed by atoms with E-state index in [0.29, 0.717) is 0 Å². The molecular formula is C40H26N4S2. The molecule has 1 aliphatic heterocycles. The van der Waals surface area contributed by atoms with Gasteiger partial charge in [0, 0.05) is 42.4 Å². The highest BCUT2D eigenvalue weighted by Crippen LogP contribution is 2.44. The molecule has 6 aromatic carbocycles. The number of hydrogen-bond acceptors (Lipinski definition) is 6. The van der Waals surface area contributed by atoms with Crippen LogP contribution in [0.15, 0.2) is 156 Å². The van der Waals surface area contributed by atoms with Gasteiger partial charge in [-0.1, -0.05) is 127 Å². The summed E-state index contributed by atoms with van der Waals surface area (Å²) in [5.41, 5.74) is 7.69. The highest BCUT2D eigenvalue weighted by molar-refractivity contribution is 7.27. The molecule has 0 amide bonds. The molecule has 1 unspecified atom stereocenters. The standard InChI is InChI=1S/C40H26N4S2/c1-3-12-25(13-4-1)27-16-9-17-28(24-27)38-42-37(26-14-5-2-6-15-26)43-39(44-38)31-20-10-18-29-30-19-11-21-32(36(30)46-35(29)31)40-41-33-22-7-8-23-34(33)45-40/h1-24,39H,(H,42,43,44). The van der Waals surface area contributed by atoms with Gasteiger partial charge in [-0.15, -0.1) is 22.7 Å². The minimum Gasteiger partial charge on any atom is -0.324 e. The molecule has 46 heavy (non-hydrogen) atoms. The Balaban J connectivity index is 1.21. The van der Waals surface area contributed by atoms with Crippen LogP contribution in [-0.4, -0.2) is 16.7 Å². The molecule has 0 spiro atoms. The molecule has 0 bridgehead atoms. The highest BCUT2D eigenvalue weighted by Gasteiger charge is 2.24. The zero-order valence-corrected chi connectivity index (χ0v) is 26.2. The van der Waals surface area contributed by atoms with Crippen LogP contribution in [0.3, 0.4) is 0 Å². The second kappa shape index (κ2) is 11.2. The van der Waals surface area contributed by atoms with Crippen molar-refractivity contribution in [3.05, 3.63) is 162 Å². The average molecular weight is 627 g/mol. The van der Waals surface area contributed by atoms with Crippen LogP contribution in [0.2, 0.25) is 0 Å². The molecular weight excluding hydrogens is 601 g/mol. The molecule has 0 aliphatic carbocycles. The lowest BCUT2D eigenvalue weighted by Crippen LogP contribution is -2.36. The maximum Gasteiger partial charge on any atom is 0.171 e. The smallest absolute Gasteiger partial charge is 0.171 e. The number of fused-ring (bicyclic) bond motifs is 4. The molecule has 1 atom stereocenters. The number of nitrogens with zero attached hydrogens (tertiary/aromatic N) is 3. The predicted octanol–water partition coefficient (Wildman–Crippen LogP) is 10.5. The van der Waals surface area contributed by atoms with Gasteiger partial charge in [-0.25, -0.2) is 15.0 Å². The molecule has 3 heterocycles. The topological polar surface area (TPSA) is 49.6 Å². The van der Waals surface area contributed by atoms with Gasteiger partial charge in [-0.3, -0.25) is 0 Å². The van der Waals surface area contributed by atoms with Crippen LogP contribution in [0.5, 0.6) is 0 Å². The van der Waals surface area contributed by atoms with Crippen molar-refractivity contribution in [1.29, 1.82) is 0 Å². The van der Waals surface area contributed by atoms with Crippen molar-refractivity contribution in [2.75, 3.05) is 0 Å². The quantitative estimate of drug-likeness (QED) is 0.207. The number of para-hydroxylation sites is 1. The molecule has 0 fully saturated rings. The van der Waals surface area contributed by atoms with Gasteiger partial charge >= 0.3 is 0 Å². The van der Waals surface area contributed by atoms with Crippen molar-refractivity contribution >= 4 is 64.7 Å². The zero-order valence-electron chi connectivity index (χ0n) is 24.6. The van der Waals surface area contributed by atoms with E-state index < -0.39 is 6.17 Å². The number of thiazole rings is 1. The van der Waals surface area contributed by atoms with Crippen molar-refractivity contribution in [3.63, 3.8) is 0 Å². The van der Waals surface area contributed by atoms with Crippen LogP contribution in [-0.2, 0) is 0 Å². The lowest BCUT2D eigenvalue weighted by molar-refractivity contribution is 0.763. The van der Waals surface area contributed by atoms with E-state index in [1.807, 2.05) is 41.7 Å². The SMILES string of the molecule is c1ccc(C2=NC(c3cccc4c3sc3c(-c5nc6ccccc6s5)cccc34)N=C(c3cccc(-c4ccccc4)c3)N2)cc1. The maximum absolute atomic E-state index is 5.28. The van der Waals surface area contributed by atoms with Crippen molar-refractivity contribution in [3.8, 4) is 21.7 Å². The van der Waals surface area contributed by atoms with Crippen LogP contribution in [0.4, 0.5) is 0 Å². The summed E-state index contributed by atoms with van der Waals surface area (Å²) < 4.78 is 3.65. The fourth-order valence-corrected chi connectivity index (χ4v) is 8.56. The molecule has 0 radical (unpaired) electrons. The Hall–Kier alpha value is -5.43. The van der Waals surface area contributed by atoms with Gasteiger partial charge in [0.25, 0.3) is 0 Å². The summed E-state index contributed by atoms with van der Waals surface area (Å²) >= 11 is 3.56. The Labute approximate surface area is 274 Å². The Morgan fingerprint density at radius 1 is 0.500 bits per heavy atom. The van der Waals surface area contributed by atoms with E-state index in [9.17, 15) is 0 Å². The van der Waals surface area contributed by atoms with Crippen LogP contribution in [0, 0.1) is 0 Å². The van der Waals surface area contributed by atoms with E-state index >= 15 is 0 Å². The summed E-state index contributed by atoms with van der Waals surface area (Å²) in [5.74, 6) is 1.62. The summed E-state index contributed by atoms with van der Waals surface area (Å²) in [6, 6.07) is 50.8. The first-order valence-electron chi connectivity index (χ1n) is 15.2. The first-order chi connectivity index (χ1) is 22.8. The third kappa shape index (κ3) is 4.70. The van der Waals surface area contributed by atoms with Crippen LogP contribution in [0.25, 0.3) is 52.1 Å². The third-order valence-corrected chi connectivity index (χ3v) is 10.8. The number of nitrogens with one attached hydrogen (secondary N) is 1. The third-order valence-electron chi connectivity index (χ3n) is 8.39. The fraction of sp³-hybridized carbons (Fsp3) is 0.0250. The largest absolute Gasteiger partial charge is 0.324 e.